The van der Waals surface area contributed by atoms with Crippen LogP contribution in [-0.4, -0.2) is 23.2 Å². The molecule has 1 rings (SSSR count). The summed E-state index contributed by atoms with van der Waals surface area (Å²) in [5.74, 6) is -0.717. The van der Waals surface area contributed by atoms with Gasteiger partial charge in [-0.3, -0.25) is 0 Å². The SMILES string of the molecule is CC(O)(CN)C(=O)OCc1ccccc1Br. The van der Waals surface area contributed by atoms with Gasteiger partial charge in [-0.15, -0.1) is 0 Å². The molecule has 0 aliphatic heterocycles. The Hall–Kier alpha value is -0.910. The molecule has 0 aliphatic rings. The molecule has 0 saturated heterocycles. The minimum atomic E-state index is -1.62. The summed E-state index contributed by atoms with van der Waals surface area (Å²) in [7, 11) is 0. The summed E-state index contributed by atoms with van der Waals surface area (Å²) < 4.78 is 5.82. The van der Waals surface area contributed by atoms with Gasteiger partial charge in [0.25, 0.3) is 0 Å². The first kappa shape index (κ1) is 13.2. The van der Waals surface area contributed by atoms with E-state index >= 15 is 0 Å². The Morgan fingerprint density at radius 1 is 1.56 bits per heavy atom. The number of halogens is 1. The van der Waals surface area contributed by atoms with E-state index in [1.54, 1.807) is 0 Å². The van der Waals surface area contributed by atoms with Crippen LogP contribution in [-0.2, 0) is 16.1 Å². The summed E-state index contributed by atoms with van der Waals surface area (Å²) in [6.45, 7) is 1.27. The van der Waals surface area contributed by atoms with Crippen molar-refractivity contribution < 1.29 is 14.6 Å². The van der Waals surface area contributed by atoms with Crippen LogP contribution in [0.25, 0.3) is 0 Å². The number of hydrogen-bond donors (Lipinski definition) is 2. The van der Waals surface area contributed by atoms with Gasteiger partial charge in [0.05, 0.1) is 0 Å². The molecule has 1 unspecified atom stereocenters. The molecule has 1 aromatic rings. The molecule has 0 aliphatic carbocycles. The second kappa shape index (κ2) is 5.43. The van der Waals surface area contributed by atoms with Crippen LogP contribution in [0.5, 0.6) is 0 Å². The Labute approximate surface area is 103 Å². The summed E-state index contributed by atoms with van der Waals surface area (Å²) in [6, 6.07) is 7.39. The molecule has 0 spiro atoms. The first-order valence-corrected chi connectivity index (χ1v) is 5.60. The van der Waals surface area contributed by atoms with Gasteiger partial charge in [-0.1, -0.05) is 34.1 Å². The van der Waals surface area contributed by atoms with E-state index in [4.69, 9.17) is 10.5 Å². The maximum absolute atomic E-state index is 11.4. The molecule has 88 valence electrons. The third-order valence-electron chi connectivity index (χ3n) is 2.15. The highest BCUT2D eigenvalue weighted by atomic mass is 79.9. The summed E-state index contributed by atoms with van der Waals surface area (Å²) in [6.07, 6.45) is 0. The Kier molecular flexibility index (Phi) is 4.46. The maximum atomic E-state index is 11.4. The number of nitrogens with two attached hydrogens (primary N) is 1. The molecular formula is C11H14BrNO3. The molecule has 0 saturated carbocycles. The number of ether oxygens (including phenoxy) is 1. The van der Waals surface area contributed by atoms with Gasteiger partial charge in [0, 0.05) is 16.6 Å². The van der Waals surface area contributed by atoms with E-state index < -0.39 is 11.6 Å². The van der Waals surface area contributed by atoms with Gasteiger partial charge < -0.3 is 15.6 Å². The zero-order valence-corrected chi connectivity index (χ0v) is 10.5. The molecule has 16 heavy (non-hydrogen) atoms. The standard InChI is InChI=1S/C11H14BrNO3/c1-11(15,7-13)10(14)16-6-8-4-2-3-5-9(8)12/h2-5,15H,6-7,13H2,1H3. The first-order valence-electron chi connectivity index (χ1n) is 4.80. The Morgan fingerprint density at radius 2 is 2.19 bits per heavy atom. The fourth-order valence-corrected chi connectivity index (χ4v) is 1.40. The van der Waals surface area contributed by atoms with E-state index in [1.807, 2.05) is 24.3 Å². The van der Waals surface area contributed by atoms with Crippen LogP contribution in [0.15, 0.2) is 28.7 Å². The van der Waals surface area contributed by atoms with Crippen LogP contribution < -0.4 is 5.73 Å². The summed E-state index contributed by atoms with van der Waals surface area (Å²) in [5.41, 5.74) is 4.46. The zero-order chi connectivity index (χ0) is 12.2. The molecule has 0 radical (unpaired) electrons. The average Bonchev–Trinajstić information content (AvgIpc) is 2.27. The van der Waals surface area contributed by atoms with Crippen molar-refractivity contribution in [2.24, 2.45) is 5.73 Å². The molecule has 0 bridgehead atoms. The van der Waals surface area contributed by atoms with E-state index in [2.05, 4.69) is 15.9 Å². The van der Waals surface area contributed by atoms with Crippen LogP contribution in [0.3, 0.4) is 0 Å². The highest BCUT2D eigenvalue weighted by Crippen LogP contribution is 2.17. The smallest absolute Gasteiger partial charge is 0.339 e. The second-order valence-corrected chi connectivity index (χ2v) is 4.50. The number of hydrogen-bond acceptors (Lipinski definition) is 4. The van der Waals surface area contributed by atoms with Crippen LogP contribution in [0, 0.1) is 0 Å². The number of esters is 1. The summed E-state index contributed by atoms with van der Waals surface area (Å²) in [5, 5.41) is 9.53. The van der Waals surface area contributed by atoms with Crippen LogP contribution in [0.1, 0.15) is 12.5 Å². The maximum Gasteiger partial charge on any atom is 0.339 e. The third-order valence-corrected chi connectivity index (χ3v) is 2.93. The number of carbonyl (C=O) groups is 1. The van der Waals surface area contributed by atoms with Crippen molar-refractivity contribution in [2.45, 2.75) is 19.1 Å². The van der Waals surface area contributed by atoms with Crippen molar-refractivity contribution in [1.82, 2.24) is 0 Å². The van der Waals surface area contributed by atoms with Gasteiger partial charge in [0.2, 0.25) is 0 Å². The van der Waals surface area contributed by atoms with E-state index in [9.17, 15) is 9.90 Å². The largest absolute Gasteiger partial charge is 0.459 e. The molecule has 3 N–H and O–H groups in total. The lowest BCUT2D eigenvalue weighted by molar-refractivity contribution is -0.164. The highest BCUT2D eigenvalue weighted by Gasteiger charge is 2.30. The van der Waals surface area contributed by atoms with Crippen LogP contribution >= 0.6 is 15.9 Å². The van der Waals surface area contributed by atoms with Gasteiger partial charge in [0.1, 0.15) is 6.61 Å². The van der Waals surface area contributed by atoms with Crippen molar-refractivity contribution in [3.63, 3.8) is 0 Å². The summed E-state index contributed by atoms with van der Waals surface area (Å²) >= 11 is 3.34. The molecule has 0 aromatic heterocycles. The number of carbonyl (C=O) groups excluding carboxylic acids is 1. The lowest BCUT2D eigenvalue weighted by Gasteiger charge is -2.19. The second-order valence-electron chi connectivity index (χ2n) is 3.65. The summed E-state index contributed by atoms with van der Waals surface area (Å²) in [4.78, 5) is 11.4. The van der Waals surface area contributed by atoms with Crippen molar-refractivity contribution in [2.75, 3.05) is 6.54 Å². The molecular weight excluding hydrogens is 274 g/mol. The minimum Gasteiger partial charge on any atom is -0.459 e. The number of benzene rings is 1. The van der Waals surface area contributed by atoms with Gasteiger partial charge in [-0.25, -0.2) is 4.79 Å². The Bertz CT molecular complexity index is 379. The van der Waals surface area contributed by atoms with Crippen molar-refractivity contribution in [1.29, 1.82) is 0 Å². The van der Waals surface area contributed by atoms with Crippen LogP contribution in [0.4, 0.5) is 0 Å². The molecule has 1 atom stereocenters. The van der Waals surface area contributed by atoms with Gasteiger partial charge in [-0.05, 0) is 13.0 Å². The topological polar surface area (TPSA) is 72.5 Å². The molecule has 1 aromatic carbocycles. The highest BCUT2D eigenvalue weighted by molar-refractivity contribution is 9.10. The van der Waals surface area contributed by atoms with E-state index in [0.29, 0.717) is 0 Å². The first-order chi connectivity index (χ1) is 7.47. The van der Waals surface area contributed by atoms with E-state index in [1.165, 1.54) is 6.92 Å². The average molecular weight is 288 g/mol. The Morgan fingerprint density at radius 3 is 2.75 bits per heavy atom. The van der Waals surface area contributed by atoms with Crippen molar-refractivity contribution >= 4 is 21.9 Å². The monoisotopic (exact) mass is 287 g/mol. The molecule has 0 amide bonds. The van der Waals surface area contributed by atoms with Gasteiger partial charge >= 0.3 is 5.97 Å². The fourth-order valence-electron chi connectivity index (χ4n) is 0.998. The predicted molar refractivity (Wildman–Crippen MR) is 63.6 cm³/mol. The molecule has 4 nitrogen and oxygen atoms in total. The molecule has 5 heteroatoms. The quantitative estimate of drug-likeness (QED) is 0.817. The van der Waals surface area contributed by atoms with Gasteiger partial charge in [-0.2, -0.15) is 0 Å². The fraction of sp³-hybridized carbons (Fsp3) is 0.364. The van der Waals surface area contributed by atoms with Crippen LogP contribution in [0.2, 0.25) is 0 Å². The third kappa shape index (κ3) is 3.30. The number of rotatable bonds is 4. The molecule has 0 fully saturated rings. The van der Waals surface area contributed by atoms with Gasteiger partial charge in [0.15, 0.2) is 5.60 Å². The number of aliphatic hydroxyl groups is 1. The van der Waals surface area contributed by atoms with Crippen molar-refractivity contribution in [3.05, 3.63) is 34.3 Å². The Balaban J connectivity index is 2.59. The molecule has 0 heterocycles. The zero-order valence-electron chi connectivity index (χ0n) is 8.94. The lowest BCUT2D eigenvalue weighted by Crippen LogP contribution is -2.43. The van der Waals surface area contributed by atoms with E-state index in [-0.39, 0.29) is 13.2 Å². The van der Waals surface area contributed by atoms with Crippen molar-refractivity contribution in [3.8, 4) is 0 Å². The van der Waals surface area contributed by atoms with E-state index in [0.717, 1.165) is 10.0 Å². The lowest BCUT2D eigenvalue weighted by atomic mass is 10.1. The normalized spacial score (nSPS) is 14.2. The minimum absolute atomic E-state index is 0.108. The predicted octanol–water partition coefficient (Wildman–Crippen LogP) is 1.20.